The van der Waals surface area contributed by atoms with Gasteiger partial charge in [-0.3, -0.25) is 4.72 Å². The number of anilines is 1. The van der Waals surface area contributed by atoms with E-state index in [0.717, 1.165) is 16.9 Å². The molecule has 0 saturated heterocycles. The molecule has 0 atom stereocenters. The molecule has 0 aliphatic carbocycles. The SMILES string of the molecule is O=S(=O)(Nc1ccc(-c2noc(-c3cccc(Cl)c3)n2)cc1)c1cccs1. The van der Waals surface area contributed by atoms with Crippen molar-refractivity contribution in [3.8, 4) is 22.8 Å². The van der Waals surface area contributed by atoms with E-state index >= 15 is 0 Å². The molecule has 2 aromatic carbocycles. The summed E-state index contributed by atoms with van der Waals surface area (Å²) in [6.45, 7) is 0. The van der Waals surface area contributed by atoms with Gasteiger partial charge in [0.05, 0.1) is 0 Å². The van der Waals surface area contributed by atoms with Crippen LogP contribution in [0.3, 0.4) is 0 Å². The average molecular weight is 418 g/mol. The lowest BCUT2D eigenvalue weighted by molar-refractivity contribution is 0.432. The minimum atomic E-state index is -3.58. The Hall–Kier alpha value is -2.68. The molecule has 6 nitrogen and oxygen atoms in total. The van der Waals surface area contributed by atoms with E-state index in [1.807, 2.05) is 6.07 Å². The molecule has 0 aliphatic rings. The smallest absolute Gasteiger partial charge is 0.271 e. The first-order valence-corrected chi connectivity index (χ1v) is 10.5. The largest absolute Gasteiger partial charge is 0.334 e. The second-order valence-corrected chi connectivity index (χ2v) is 8.84. The van der Waals surface area contributed by atoms with E-state index in [-0.39, 0.29) is 4.21 Å². The summed E-state index contributed by atoms with van der Waals surface area (Å²) in [5.41, 5.74) is 1.87. The van der Waals surface area contributed by atoms with Gasteiger partial charge in [0.2, 0.25) is 5.82 Å². The summed E-state index contributed by atoms with van der Waals surface area (Å²) in [5, 5.41) is 6.26. The van der Waals surface area contributed by atoms with Crippen molar-refractivity contribution >= 4 is 38.6 Å². The van der Waals surface area contributed by atoms with Crippen molar-refractivity contribution in [1.82, 2.24) is 10.1 Å². The summed E-state index contributed by atoms with van der Waals surface area (Å²) in [6, 6.07) is 17.1. The Bertz CT molecular complexity index is 1170. The van der Waals surface area contributed by atoms with Crippen LogP contribution in [0.4, 0.5) is 5.69 Å². The lowest BCUT2D eigenvalue weighted by atomic mass is 10.2. The topological polar surface area (TPSA) is 85.1 Å². The van der Waals surface area contributed by atoms with Crippen LogP contribution in [-0.4, -0.2) is 18.6 Å². The van der Waals surface area contributed by atoms with Crippen LogP contribution in [0.5, 0.6) is 0 Å². The average Bonchev–Trinajstić information content (AvgIpc) is 3.35. The Morgan fingerprint density at radius 2 is 1.81 bits per heavy atom. The molecule has 136 valence electrons. The summed E-state index contributed by atoms with van der Waals surface area (Å²) < 4.78 is 32.6. The van der Waals surface area contributed by atoms with Crippen LogP contribution in [0, 0.1) is 0 Å². The second kappa shape index (κ2) is 7.15. The first-order chi connectivity index (χ1) is 13.0. The van der Waals surface area contributed by atoms with Crippen LogP contribution in [0.1, 0.15) is 0 Å². The van der Waals surface area contributed by atoms with Crippen molar-refractivity contribution in [2.24, 2.45) is 0 Å². The molecular formula is C18H12ClN3O3S2. The number of sulfonamides is 1. The number of halogens is 1. The molecule has 9 heteroatoms. The Morgan fingerprint density at radius 3 is 2.52 bits per heavy atom. The molecule has 4 rings (SSSR count). The van der Waals surface area contributed by atoms with Gasteiger partial charge in [0.25, 0.3) is 15.9 Å². The Labute approximate surface area is 164 Å². The van der Waals surface area contributed by atoms with Gasteiger partial charge in [-0.1, -0.05) is 28.9 Å². The number of rotatable bonds is 5. The van der Waals surface area contributed by atoms with Crippen molar-refractivity contribution < 1.29 is 12.9 Å². The molecule has 0 amide bonds. The minimum absolute atomic E-state index is 0.260. The number of benzene rings is 2. The molecule has 0 fully saturated rings. The Balaban J connectivity index is 1.55. The van der Waals surface area contributed by atoms with Crippen molar-refractivity contribution in [2.75, 3.05) is 4.72 Å². The summed E-state index contributed by atoms with van der Waals surface area (Å²) in [5.74, 6) is 0.757. The molecule has 1 N–H and O–H groups in total. The summed E-state index contributed by atoms with van der Waals surface area (Å²) in [6.07, 6.45) is 0. The van der Waals surface area contributed by atoms with E-state index in [0.29, 0.717) is 28.0 Å². The van der Waals surface area contributed by atoms with Gasteiger partial charge in [0, 0.05) is 21.8 Å². The monoisotopic (exact) mass is 417 g/mol. The molecule has 2 aromatic heterocycles. The zero-order valence-electron chi connectivity index (χ0n) is 13.7. The van der Waals surface area contributed by atoms with Crippen LogP contribution >= 0.6 is 22.9 Å². The zero-order chi connectivity index (χ0) is 18.9. The minimum Gasteiger partial charge on any atom is -0.334 e. The van der Waals surface area contributed by atoms with Crippen molar-refractivity contribution in [3.63, 3.8) is 0 Å². The van der Waals surface area contributed by atoms with Gasteiger partial charge < -0.3 is 4.52 Å². The molecular weight excluding hydrogens is 406 g/mol. The van der Waals surface area contributed by atoms with Crippen LogP contribution in [0.15, 0.2) is 74.8 Å². The first-order valence-electron chi connectivity index (χ1n) is 7.78. The van der Waals surface area contributed by atoms with E-state index in [1.165, 1.54) is 0 Å². The maximum absolute atomic E-state index is 12.3. The second-order valence-electron chi connectivity index (χ2n) is 5.55. The number of hydrogen-bond acceptors (Lipinski definition) is 6. The van der Waals surface area contributed by atoms with E-state index in [2.05, 4.69) is 14.9 Å². The standard InChI is InChI=1S/C18H12ClN3O3S2/c19-14-4-1-3-13(11-14)18-20-17(21-25-18)12-6-8-15(9-7-12)22-27(23,24)16-5-2-10-26-16/h1-11,22H. The fourth-order valence-corrected chi connectivity index (χ4v) is 4.63. The highest BCUT2D eigenvalue weighted by atomic mass is 35.5. The van der Waals surface area contributed by atoms with Crippen LogP contribution in [0.25, 0.3) is 22.8 Å². The number of nitrogens with one attached hydrogen (secondary N) is 1. The molecule has 27 heavy (non-hydrogen) atoms. The highest BCUT2D eigenvalue weighted by molar-refractivity contribution is 7.94. The summed E-state index contributed by atoms with van der Waals surface area (Å²) in [4.78, 5) is 4.36. The number of nitrogens with zero attached hydrogens (tertiary/aromatic N) is 2. The molecule has 2 heterocycles. The number of aromatic nitrogens is 2. The van der Waals surface area contributed by atoms with Crippen molar-refractivity contribution in [1.29, 1.82) is 0 Å². The zero-order valence-corrected chi connectivity index (χ0v) is 16.1. The van der Waals surface area contributed by atoms with Crippen LogP contribution in [-0.2, 0) is 10.0 Å². The number of hydrogen-bond donors (Lipinski definition) is 1. The highest BCUT2D eigenvalue weighted by Gasteiger charge is 2.16. The molecule has 0 bridgehead atoms. The summed E-state index contributed by atoms with van der Waals surface area (Å²) >= 11 is 7.14. The van der Waals surface area contributed by atoms with Crippen molar-refractivity contribution in [2.45, 2.75) is 4.21 Å². The van der Waals surface area contributed by atoms with Gasteiger partial charge in [-0.25, -0.2) is 8.42 Å². The molecule has 0 saturated carbocycles. The highest BCUT2D eigenvalue weighted by Crippen LogP contribution is 2.26. The third-order valence-corrected chi connectivity index (χ3v) is 6.67. The number of thiophene rings is 1. The Morgan fingerprint density at radius 1 is 1.00 bits per heavy atom. The van der Waals surface area contributed by atoms with E-state index in [9.17, 15) is 8.42 Å². The van der Waals surface area contributed by atoms with Crippen molar-refractivity contribution in [3.05, 3.63) is 71.1 Å². The predicted octanol–water partition coefficient (Wildman–Crippen LogP) is 4.92. The predicted molar refractivity (Wildman–Crippen MR) is 105 cm³/mol. The maximum atomic E-state index is 12.3. The van der Waals surface area contributed by atoms with Gasteiger partial charge in [0.1, 0.15) is 4.21 Å². The van der Waals surface area contributed by atoms with Gasteiger partial charge >= 0.3 is 0 Å². The van der Waals surface area contributed by atoms with Crippen LogP contribution < -0.4 is 4.72 Å². The fourth-order valence-electron chi connectivity index (χ4n) is 2.39. The maximum Gasteiger partial charge on any atom is 0.271 e. The van der Waals surface area contributed by atoms with Gasteiger partial charge in [-0.2, -0.15) is 4.98 Å². The molecule has 0 spiro atoms. The molecule has 0 unspecified atom stereocenters. The molecule has 0 aliphatic heterocycles. The lowest BCUT2D eigenvalue weighted by Gasteiger charge is -2.06. The van der Waals surface area contributed by atoms with E-state index in [1.54, 1.807) is 60.0 Å². The van der Waals surface area contributed by atoms with Gasteiger partial charge in [-0.05, 0) is 53.9 Å². The third-order valence-electron chi connectivity index (χ3n) is 3.65. The third kappa shape index (κ3) is 3.87. The van der Waals surface area contributed by atoms with Gasteiger partial charge in [-0.15, -0.1) is 11.3 Å². The van der Waals surface area contributed by atoms with Gasteiger partial charge in [0.15, 0.2) is 0 Å². The fraction of sp³-hybridized carbons (Fsp3) is 0. The Kier molecular flexibility index (Phi) is 4.69. The first kappa shape index (κ1) is 17.7. The molecule has 0 radical (unpaired) electrons. The van der Waals surface area contributed by atoms with E-state index in [4.69, 9.17) is 16.1 Å². The van der Waals surface area contributed by atoms with Crippen LogP contribution in [0.2, 0.25) is 5.02 Å². The summed E-state index contributed by atoms with van der Waals surface area (Å²) in [7, 11) is -3.58. The quantitative estimate of drug-likeness (QED) is 0.498. The normalized spacial score (nSPS) is 11.4. The molecule has 4 aromatic rings. The van der Waals surface area contributed by atoms with E-state index < -0.39 is 10.0 Å². The lowest BCUT2D eigenvalue weighted by Crippen LogP contribution is -2.11.